The first kappa shape index (κ1) is 10.3. The van der Waals surface area contributed by atoms with E-state index in [9.17, 15) is 4.79 Å². The third-order valence-electron chi connectivity index (χ3n) is 1.77. The number of methoxy groups -OCH3 is 1. The molecule has 0 heterocycles. The average Bonchev–Trinajstić information content (AvgIpc) is 2.61. The van der Waals surface area contributed by atoms with E-state index < -0.39 is 11.5 Å². The number of rotatable bonds is 1. The first-order valence-electron chi connectivity index (χ1n) is 2.98. The van der Waals surface area contributed by atoms with Crippen molar-refractivity contribution in [3.63, 3.8) is 0 Å². The minimum absolute atomic E-state index is 0. The van der Waals surface area contributed by atoms with Crippen LogP contribution >= 0.6 is 12.4 Å². The zero-order chi connectivity index (χ0) is 7.78. The molecule has 3 nitrogen and oxygen atoms in total. The monoisotopic (exact) mass is 175 g/mol. The summed E-state index contributed by atoms with van der Waals surface area (Å²) in [7, 11) is 1.31. The second kappa shape index (κ2) is 3.12. The molecule has 0 aromatic heterocycles. The molecule has 0 aromatic carbocycles. The summed E-state index contributed by atoms with van der Waals surface area (Å²) in [5, 5.41) is 0. The molecule has 11 heavy (non-hydrogen) atoms. The van der Waals surface area contributed by atoms with Crippen LogP contribution in [0.15, 0.2) is 0 Å². The van der Waals surface area contributed by atoms with Crippen molar-refractivity contribution >= 4 is 18.4 Å². The molecule has 0 aliphatic heterocycles. The number of halogens is 1. The fourth-order valence-corrected chi connectivity index (χ4v) is 0.902. The number of hydrogen-bond acceptors (Lipinski definition) is 3. The van der Waals surface area contributed by atoms with E-state index >= 15 is 0 Å². The summed E-state index contributed by atoms with van der Waals surface area (Å²) in [5.74, 6) is 1.89. The molecule has 2 N–H and O–H groups in total. The van der Waals surface area contributed by atoms with Crippen molar-refractivity contribution in [1.82, 2.24) is 0 Å². The molecule has 4 heteroatoms. The zero-order valence-corrected chi connectivity index (χ0v) is 6.98. The van der Waals surface area contributed by atoms with E-state index in [0.717, 1.165) is 0 Å². The van der Waals surface area contributed by atoms with Crippen molar-refractivity contribution in [3.05, 3.63) is 0 Å². The van der Waals surface area contributed by atoms with Crippen molar-refractivity contribution in [2.75, 3.05) is 7.11 Å². The van der Waals surface area contributed by atoms with Crippen LogP contribution in [0.5, 0.6) is 0 Å². The van der Waals surface area contributed by atoms with E-state index in [1.807, 2.05) is 0 Å². The van der Waals surface area contributed by atoms with E-state index in [-0.39, 0.29) is 18.3 Å². The molecule has 0 unspecified atom stereocenters. The molecule has 0 radical (unpaired) electrons. The third-order valence-corrected chi connectivity index (χ3v) is 1.77. The molecular formula is C7H10ClNO2. The minimum atomic E-state index is -0.872. The van der Waals surface area contributed by atoms with Crippen LogP contribution in [0.3, 0.4) is 0 Å². The fraction of sp³-hybridized carbons (Fsp3) is 0.571. The van der Waals surface area contributed by atoms with Crippen molar-refractivity contribution in [2.24, 2.45) is 11.7 Å². The Bertz CT molecular complexity index is 211. The Labute approximate surface area is 71.7 Å². The lowest BCUT2D eigenvalue weighted by molar-refractivity contribution is -0.143. The molecule has 0 amide bonds. The molecule has 0 bridgehead atoms. The van der Waals surface area contributed by atoms with Gasteiger partial charge < -0.3 is 10.5 Å². The van der Waals surface area contributed by atoms with Crippen LogP contribution in [-0.4, -0.2) is 18.6 Å². The van der Waals surface area contributed by atoms with E-state index in [1.54, 1.807) is 0 Å². The van der Waals surface area contributed by atoms with Gasteiger partial charge in [-0.25, -0.2) is 0 Å². The Morgan fingerprint density at radius 1 is 1.91 bits per heavy atom. The third kappa shape index (κ3) is 1.47. The van der Waals surface area contributed by atoms with Crippen molar-refractivity contribution in [3.8, 4) is 12.3 Å². The smallest absolute Gasteiger partial charge is 0.327 e. The van der Waals surface area contributed by atoms with Crippen molar-refractivity contribution < 1.29 is 9.53 Å². The van der Waals surface area contributed by atoms with Crippen LogP contribution < -0.4 is 5.73 Å². The van der Waals surface area contributed by atoms with E-state index in [2.05, 4.69) is 10.7 Å². The fourth-order valence-electron chi connectivity index (χ4n) is 0.902. The number of nitrogens with two attached hydrogens (primary N) is 1. The van der Waals surface area contributed by atoms with Gasteiger partial charge in [-0.05, 0) is 6.42 Å². The molecule has 62 valence electrons. The van der Waals surface area contributed by atoms with Crippen LogP contribution in [0.4, 0.5) is 0 Å². The van der Waals surface area contributed by atoms with Crippen LogP contribution in [0.1, 0.15) is 6.42 Å². The molecular weight excluding hydrogens is 166 g/mol. The predicted octanol–water partition coefficient (Wildman–Crippen LogP) is -0.0682. The lowest BCUT2D eigenvalue weighted by atomic mass is 10.2. The van der Waals surface area contributed by atoms with Crippen LogP contribution in [0.25, 0.3) is 0 Å². The van der Waals surface area contributed by atoms with Gasteiger partial charge in [0, 0.05) is 0 Å². The summed E-state index contributed by atoms with van der Waals surface area (Å²) >= 11 is 0. The predicted molar refractivity (Wildman–Crippen MR) is 43.1 cm³/mol. The quantitative estimate of drug-likeness (QED) is 0.449. The maximum absolute atomic E-state index is 10.8. The summed E-state index contributed by atoms with van der Waals surface area (Å²) in [5.41, 5.74) is 4.67. The first-order valence-corrected chi connectivity index (χ1v) is 2.98. The normalized spacial score (nSPS) is 33.0. The zero-order valence-electron chi connectivity index (χ0n) is 6.16. The molecule has 1 saturated carbocycles. The molecule has 0 saturated heterocycles. The Balaban J connectivity index is 0.000001000. The number of ether oxygens (including phenoxy) is 1. The summed E-state index contributed by atoms with van der Waals surface area (Å²) in [6.07, 6.45) is 5.62. The van der Waals surface area contributed by atoms with Gasteiger partial charge in [0.05, 0.1) is 13.0 Å². The van der Waals surface area contributed by atoms with Crippen LogP contribution in [0.2, 0.25) is 0 Å². The number of esters is 1. The molecule has 0 spiro atoms. The van der Waals surface area contributed by atoms with Gasteiger partial charge in [0.25, 0.3) is 0 Å². The number of carbonyl (C=O) groups is 1. The number of hydrogen-bond donors (Lipinski definition) is 1. The highest BCUT2D eigenvalue weighted by atomic mass is 35.5. The maximum atomic E-state index is 10.8. The van der Waals surface area contributed by atoms with E-state index in [1.165, 1.54) is 7.11 Å². The van der Waals surface area contributed by atoms with Crippen LogP contribution in [-0.2, 0) is 9.53 Å². The summed E-state index contributed by atoms with van der Waals surface area (Å²) < 4.78 is 4.45. The molecule has 1 aliphatic carbocycles. The summed E-state index contributed by atoms with van der Waals surface area (Å²) in [6.45, 7) is 0. The van der Waals surface area contributed by atoms with Gasteiger partial charge in [-0.3, -0.25) is 4.79 Å². The lowest BCUT2D eigenvalue weighted by Gasteiger charge is -2.04. The summed E-state index contributed by atoms with van der Waals surface area (Å²) in [4.78, 5) is 10.8. The van der Waals surface area contributed by atoms with Gasteiger partial charge in [-0.2, -0.15) is 0 Å². The van der Waals surface area contributed by atoms with Crippen molar-refractivity contribution in [2.45, 2.75) is 12.0 Å². The second-order valence-electron chi connectivity index (χ2n) is 2.46. The van der Waals surface area contributed by atoms with E-state index in [4.69, 9.17) is 12.2 Å². The van der Waals surface area contributed by atoms with Gasteiger partial charge in [-0.15, -0.1) is 24.8 Å². The maximum Gasteiger partial charge on any atom is 0.327 e. The second-order valence-corrected chi connectivity index (χ2v) is 2.46. The highest BCUT2D eigenvalue weighted by molar-refractivity contribution is 5.85. The van der Waals surface area contributed by atoms with Gasteiger partial charge >= 0.3 is 5.97 Å². The van der Waals surface area contributed by atoms with Gasteiger partial charge in [-0.1, -0.05) is 0 Å². The Kier molecular flexibility index (Phi) is 2.92. The average molecular weight is 176 g/mol. The highest BCUT2D eigenvalue weighted by Gasteiger charge is 2.57. The molecule has 1 fully saturated rings. The number of terminal acetylenes is 1. The highest BCUT2D eigenvalue weighted by Crippen LogP contribution is 2.40. The van der Waals surface area contributed by atoms with Crippen molar-refractivity contribution in [1.29, 1.82) is 0 Å². The lowest BCUT2D eigenvalue weighted by Crippen LogP contribution is -2.36. The van der Waals surface area contributed by atoms with Gasteiger partial charge in [0.2, 0.25) is 0 Å². The topological polar surface area (TPSA) is 52.3 Å². The standard InChI is InChI=1S/C7H9NO2.ClH/c1-3-5-4-7(5,8)6(9)10-2;/h1,5H,4,8H2,2H3;1H/t5-,7-;/m1./s1. The Hall–Kier alpha value is -0.720. The molecule has 0 aromatic rings. The Morgan fingerprint density at radius 3 is 2.73 bits per heavy atom. The Morgan fingerprint density at radius 2 is 2.45 bits per heavy atom. The summed E-state index contributed by atoms with van der Waals surface area (Å²) in [6, 6.07) is 0. The van der Waals surface area contributed by atoms with Gasteiger partial charge in [0.15, 0.2) is 0 Å². The molecule has 1 rings (SSSR count). The van der Waals surface area contributed by atoms with Crippen LogP contribution in [0, 0.1) is 18.3 Å². The molecule has 1 aliphatic rings. The minimum Gasteiger partial charge on any atom is -0.468 e. The first-order chi connectivity index (χ1) is 4.65. The molecule has 2 atom stereocenters. The number of carbonyl (C=O) groups excluding carboxylic acids is 1. The van der Waals surface area contributed by atoms with E-state index in [0.29, 0.717) is 6.42 Å². The van der Waals surface area contributed by atoms with Gasteiger partial charge in [0.1, 0.15) is 5.54 Å². The largest absolute Gasteiger partial charge is 0.468 e. The SMILES string of the molecule is C#C[C@@H]1C[C@]1(N)C(=O)OC.Cl.